The Morgan fingerprint density at radius 3 is 2.18 bits per heavy atom. The quantitative estimate of drug-likeness (QED) is 0.559. The summed E-state index contributed by atoms with van der Waals surface area (Å²) in [6, 6.07) is 0. The van der Waals surface area contributed by atoms with Crippen molar-refractivity contribution in [1.29, 1.82) is 0 Å². The van der Waals surface area contributed by atoms with Crippen LogP contribution in [0.2, 0.25) is 0 Å². The molecule has 0 heterocycles. The molecule has 4 nitrogen and oxygen atoms in total. The molecule has 0 rings (SSSR count). The van der Waals surface area contributed by atoms with Crippen molar-refractivity contribution in [2.45, 2.75) is 25.2 Å². The predicted molar refractivity (Wildman–Crippen MR) is 39.3 cm³/mol. The van der Waals surface area contributed by atoms with Crippen molar-refractivity contribution in [3.05, 3.63) is 0 Å². The largest absolute Gasteiger partial charge is 0.383 e. The van der Waals surface area contributed by atoms with Crippen molar-refractivity contribution in [2.75, 3.05) is 14.2 Å². The number of methoxy groups -OCH3 is 2. The Hall–Kier alpha value is -0.450. The van der Waals surface area contributed by atoms with Crippen LogP contribution in [0.5, 0.6) is 0 Å². The minimum atomic E-state index is -1.12. The first kappa shape index (κ1) is 10.6. The first-order chi connectivity index (χ1) is 5.17. The van der Waals surface area contributed by atoms with E-state index in [0.29, 0.717) is 6.29 Å². The number of ether oxygens (including phenoxy) is 2. The molecule has 0 aliphatic rings. The zero-order valence-corrected chi connectivity index (χ0v) is 6.98. The summed E-state index contributed by atoms with van der Waals surface area (Å²) in [5.74, 6) is 0. The fraction of sp³-hybridized carbons (Fsp3) is 0.857. The van der Waals surface area contributed by atoms with Crippen LogP contribution in [-0.4, -0.2) is 43.9 Å². The summed E-state index contributed by atoms with van der Waals surface area (Å²) in [7, 11) is 2.92. The van der Waals surface area contributed by atoms with E-state index in [1.54, 1.807) is 6.92 Å². The summed E-state index contributed by atoms with van der Waals surface area (Å²) in [6.45, 7) is 1.72. The van der Waals surface area contributed by atoms with Crippen LogP contribution >= 0.6 is 0 Å². The van der Waals surface area contributed by atoms with Crippen LogP contribution in [0.15, 0.2) is 0 Å². The summed E-state index contributed by atoms with van der Waals surface area (Å²) >= 11 is 0. The van der Waals surface area contributed by atoms with Crippen molar-refractivity contribution in [1.82, 2.24) is 0 Å². The van der Waals surface area contributed by atoms with Gasteiger partial charge in [-0.25, -0.2) is 0 Å². The van der Waals surface area contributed by atoms with Crippen LogP contribution < -0.4 is 0 Å². The third kappa shape index (κ3) is 2.96. The maximum absolute atomic E-state index is 10.1. The van der Waals surface area contributed by atoms with E-state index < -0.39 is 12.2 Å². The van der Waals surface area contributed by atoms with Gasteiger partial charge in [0.1, 0.15) is 12.2 Å². The molecule has 0 saturated carbocycles. The summed E-state index contributed by atoms with van der Waals surface area (Å²) in [4.78, 5) is 10.1. The molecular weight excluding hydrogens is 148 g/mol. The Morgan fingerprint density at radius 2 is 1.91 bits per heavy atom. The minimum Gasteiger partial charge on any atom is -0.383 e. The molecule has 0 aliphatic heterocycles. The number of aldehydes is 1. The molecule has 1 N–H and O–H groups in total. The second kappa shape index (κ2) is 5.23. The number of hydrogen-bond acceptors (Lipinski definition) is 4. The molecule has 3 atom stereocenters. The molecular formula is C7H14O4. The smallest absolute Gasteiger partial charge is 0.151 e. The fourth-order valence-corrected chi connectivity index (χ4v) is 0.820. The summed E-state index contributed by atoms with van der Waals surface area (Å²) in [6.07, 6.45) is -1.56. The molecule has 0 amide bonds. The van der Waals surface area contributed by atoms with E-state index >= 15 is 0 Å². The van der Waals surface area contributed by atoms with Crippen LogP contribution in [0.3, 0.4) is 0 Å². The zero-order valence-electron chi connectivity index (χ0n) is 6.98. The molecule has 66 valence electrons. The number of aliphatic hydroxyl groups is 1. The van der Waals surface area contributed by atoms with E-state index in [2.05, 4.69) is 0 Å². The second-order valence-electron chi connectivity index (χ2n) is 2.27. The van der Waals surface area contributed by atoms with Crippen LogP contribution in [0.4, 0.5) is 0 Å². The van der Waals surface area contributed by atoms with E-state index in [1.165, 1.54) is 14.2 Å². The minimum absolute atomic E-state index is 0.291. The van der Waals surface area contributed by atoms with Crippen LogP contribution in [0.25, 0.3) is 0 Å². The van der Waals surface area contributed by atoms with Crippen molar-refractivity contribution < 1.29 is 19.4 Å². The Bertz CT molecular complexity index is 115. The van der Waals surface area contributed by atoms with E-state index in [4.69, 9.17) is 14.6 Å². The molecule has 0 unspecified atom stereocenters. The summed E-state index contributed by atoms with van der Waals surface area (Å²) in [5.41, 5.74) is 0. The number of hydrogen-bond donors (Lipinski definition) is 1. The highest BCUT2D eigenvalue weighted by Crippen LogP contribution is 2.05. The van der Waals surface area contributed by atoms with Crippen molar-refractivity contribution in [2.24, 2.45) is 0 Å². The highest BCUT2D eigenvalue weighted by molar-refractivity contribution is 5.56. The normalized spacial score (nSPS) is 18.9. The molecule has 0 saturated heterocycles. The van der Waals surface area contributed by atoms with Crippen molar-refractivity contribution >= 4 is 6.29 Å². The van der Waals surface area contributed by atoms with Gasteiger partial charge in [-0.1, -0.05) is 0 Å². The number of rotatable bonds is 5. The number of carbonyl (C=O) groups excluding carboxylic acids is 1. The third-order valence-electron chi connectivity index (χ3n) is 1.58. The van der Waals surface area contributed by atoms with Gasteiger partial charge in [0.05, 0.1) is 6.10 Å². The lowest BCUT2D eigenvalue weighted by Gasteiger charge is -2.22. The van der Waals surface area contributed by atoms with Gasteiger partial charge in [0.15, 0.2) is 6.29 Å². The third-order valence-corrected chi connectivity index (χ3v) is 1.58. The van der Waals surface area contributed by atoms with Gasteiger partial charge in [-0.05, 0) is 6.92 Å². The van der Waals surface area contributed by atoms with Crippen LogP contribution in [0.1, 0.15) is 6.92 Å². The standard InChI is InChI=1S/C7H14O4/c1-5(10-2)7(11-3)6(9)4-8/h4-7,9H,1-3H3/t5-,6+,7-/m1/s1. The Labute approximate surface area is 66.1 Å². The molecule has 0 radical (unpaired) electrons. The molecule has 4 heteroatoms. The second-order valence-corrected chi connectivity index (χ2v) is 2.27. The molecule has 0 aromatic carbocycles. The van der Waals surface area contributed by atoms with Crippen molar-refractivity contribution in [3.8, 4) is 0 Å². The van der Waals surface area contributed by atoms with E-state index in [-0.39, 0.29) is 6.10 Å². The lowest BCUT2D eigenvalue weighted by Crippen LogP contribution is -2.39. The lowest BCUT2D eigenvalue weighted by molar-refractivity contribution is -0.130. The maximum atomic E-state index is 10.1. The molecule has 0 fully saturated rings. The molecule has 0 aromatic rings. The Morgan fingerprint density at radius 1 is 1.36 bits per heavy atom. The van der Waals surface area contributed by atoms with Gasteiger partial charge in [0, 0.05) is 14.2 Å². The molecule has 0 aliphatic carbocycles. The van der Waals surface area contributed by atoms with Gasteiger partial charge >= 0.3 is 0 Å². The average Bonchev–Trinajstić information content (AvgIpc) is 2.05. The lowest BCUT2D eigenvalue weighted by atomic mass is 10.1. The predicted octanol–water partition coefficient (Wildman–Crippen LogP) is -0.404. The average molecular weight is 162 g/mol. The number of aliphatic hydroxyl groups excluding tert-OH is 1. The van der Waals surface area contributed by atoms with E-state index in [9.17, 15) is 4.79 Å². The van der Waals surface area contributed by atoms with Gasteiger partial charge in [0.2, 0.25) is 0 Å². The topological polar surface area (TPSA) is 55.8 Å². The van der Waals surface area contributed by atoms with Crippen LogP contribution in [-0.2, 0) is 14.3 Å². The highest BCUT2D eigenvalue weighted by atomic mass is 16.5. The molecule has 0 bridgehead atoms. The van der Waals surface area contributed by atoms with Gasteiger partial charge < -0.3 is 19.4 Å². The van der Waals surface area contributed by atoms with Gasteiger partial charge in [-0.2, -0.15) is 0 Å². The molecule has 0 aromatic heterocycles. The van der Waals surface area contributed by atoms with E-state index in [1.807, 2.05) is 0 Å². The Kier molecular flexibility index (Phi) is 5.02. The maximum Gasteiger partial charge on any atom is 0.151 e. The van der Waals surface area contributed by atoms with Gasteiger partial charge in [-0.15, -0.1) is 0 Å². The van der Waals surface area contributed by atoms with E-state index in [0.717, 1.165) is 0 Å². The van der Waals surface area contributed by atoms with Crippen molar-refractivity contribution in [3.63, 3.8) is 0 Å². The first-order valence-corrected chi connectivity index (χ1v) is 3.36. The SMILES string of the molecule is CO[C@@H]([C@@H](O)C=O)[C@@H](C)OC. The Balaban J connectivity index is 4.02. The molecule has 11 heavy (non-hydrogen) atoms. The first-order valence-electron chi connectivity index (χ1n) is 3.36. The number of carbonyl (C=O) groups is 1. The van der Waals surface area contributed by atoms with Gasteiger partial charge in [-0.3, -0.25) is 0 Å². The van der Waals surface area contributed by atoms with Crippen LogP contribution in [0, 0.1) is 0 Å². The fourth-order valence-electron chi connectivity index (χ4n) is 0.820. The monoisotopic (exact) mass is 162 g/mol. The summed E-state index contributed by atoms with van der Waals surface area (Å²) in [5, 5.41) is 9.05. The summed E-state index contributed by atoms with van der Waals surface area (Å²) < 4.78 is 9.73. The van der Waals surface area contributed by atoms with Gasteiger partial charge in [0.25, 0.3) is 0 Å². The molecule has 0 spiro atoms. The highest BCUT2D eigenvalue weighted by Gasteiger charge is 2.24. The zero-order chi connectivity index (χ0) is 8.85.